The predicted octanol–water partition coefficient (Wildman–Crippen LogP) is 3.96. The van der Waals surface area contributed by atoms with Gasteiger partial charge in [-0.3, -0.25) is 4.90 Å². The summed E-state index contributed by atoms with van der Waals surface area (Å²) in [6, 6.07) is 6.95. The van der Waals surface area contributed by atoms with Crippen molar-refractivity contribution in [2.24, 2.45) is 0 Å². The van der Waals surface area contributed by atoms with E-state index in [4.69, 9.17) is 9.47 Å². The molecule has 2 heterocycles. The molecule has 0 saturated heterocycles. The number of hydrogen-bond donors (Lipinski definition) is 1. The van der Waals surface area contributed by atoms with Gasteiger partial charge in [0.25, 0.3) is 0 Å². The lowest BCUT2D eigenvalue weighted by Gasteiger charge is -2.34. The van der Waals surface area contributed by atoms with Crippen molar-refractivity contribution in [3.63, 3.8) is 0 Å². The molecule has 1 atom stereocenters. The van der Waals surface area contributed by atoms with E-state index in [2.05, 4.69) is 11.4 Å². The van der Waals surface area contributed by atoms with Gasteiger partial charge in [-0.15, -0.1) is 0 Å². The van der Waals surface area contributed by atoms with Crippen molar-refractivity contribution in [1.29, 1.82) is 0 Å². The number of nitrogens with zero attached hydrogens (tertiary/aromatic N) is 1. The van der Waals surface area contributed by atoms with Gasteiger partial charge < -0.3 is 14.8 Å². The summed E-state index contributed by atoms with van der Waals surface area (Å²) in [5.74, 6) is 0.240. The molecule has 6 nitrogen and oxygen atoms in total. The third kappa shape index (κ3) is 4.20. The number of ether oxygens (including phenoxy) is 2. The molecule has 2 amide bonds. The molecule has 0 radical (unpaired) electrons. The monoisotopic (exact) mass is 400 g/mol. The van der Waals surface area contributed by atoms with Crippen LogP contribution >= 0.6 is 11.3 Å². The summed E-state index contributed by atoms with van der Waals surface area (Å²) in [5.41, 5.74) is 3.91. The number of aryl methyl sites for hydroxylation is 2. The van der Waals surface area contributed by atoms with Gasteiger partial charge in [-0.2, -0.15) is 11.3 Å². The minimum atomic E-state index is -0.563. The molecule has 0 fully saturated rings. The molecule has 1 aliphatic heterocycles. The third-order valence-electron chi connectivity index (χ3n) is 4.52. The van der Waals surface area contributed by atoms with Crippen molar-refractivity contribution in [2.75, 3.05) is 20.3 Å². The Kier molecular flexibility index (Phi) is 6.04. The Bertz CT molecular complexity index is 885. The van der Waals surface area contributed by atoms with E-state index in [1.54, 1.807) is 14.0 Å². The van der Waals surface area contributed by atoms with Gasteiger partial charge in [0, 0.05) is 7.05 Å². The molecule has 28 heavy (non-hydrogen) atoms. The summed E-state index contributed by atoms with van der Waals surface area (Å²) in [6.45, 7) is 6.09. The van der Waals surface area contributed by atoms with E-state index in [-0.39, 0.29) is 19.2 Å². The maximum absolute atomic E-state index is 12.8. The number of nitrogens with one attached hydrogen (secondary N) is 1. The Morgan fingerprint density at radius 2 is 1.96 bits per heavy atom. The van der Waals surface area contributed by atoms with Gasteiger partial charge in [0.05, 0.1) is 23.9 Å². The number of likely N-dealkylation sites (N-methyl/N-ethyl adjacent to an activating group) is 1. The highest BCUT2D eigenvalue weighted by Gasteiger charge is 2.37. The van der Waals surface area contributed by atoms with E-state index in [0.717, 1.165) is 16.7 Å². The van der Waals surface area contributed by atoms with Crippen molar-refractivity contribution >= 4 is 23.3 Å². The Morgan fingerprint density at radius 1 is 1.25 bits per heavy atom. The maximum Gasteiger partial charge on any atom is 0.338 e. The van der Waals surface area contributed by atoms with E-state index in [1.165, 1.54) is 16.2 Å². The first-order valence-electron chi connectivity index (χ1n) is 9.08. The standard InChI is InChI=1S/C21H24N2O4S/c1-5-26-20(24)18-17(11-27-16-9-13(2)8-14(3)10-16)23(4)21(25)22-19(18)15-6-7-28-12-15/h6-10,12,19H,5,11H2,1-4H3,(H,22,25)/t19-/m0/s1. The van der Waals surface area contributed by atoms with Crippen LogP contribution in [0.2, 0.25) is 0 Å². The van der Waals surface area contributed by atoms with Crippen LogP contribution in [0.4, 0.5) is 4.79 Å². The average molecular weight is 401 g/mol. The molecule has 0 spiro atoms. The maximum atomic E-state index is 12.8. The van der Waals surface area contributed by atoms with Crippen LogP contribution in [0.1, 0.15) is 29.7 Å². The van der Waals surface area contributed by atoms with Crippen LogP contribution in [0.5, 0.6) is 5.75 Å². The molecule has 1 N–H and O–H groups in total. The zero-order valence-electron chi connectivity index (χ0n) is 16.4. The van der Waals surface area contributed by atoms with E-state index in [0.29, 0.717) is 17.0 Å². The molecular formula is C21H24N2O4S. The Morgan fingerprint density at radius 3 is 2.57 bits per heavy atom. The van der Waals surface area contributed by atoms with E-state index >= 15 is 0 Å². The normalized spacial score (nSPS) is 16.8. The number of urea groups is 1. The highest BCUT2D eigenvalue weighted by molar-refractivity contribution is 7.08. The Hall–Kier alpha value is -2.80. The summed E-state index contributed by atoms with van der Waals surface area (Å²) < 4.78 is 11.3. The lowest BCUT2D eigenvalue weighted by Crippen LogP contribution is -2.48. The number of carbonyl (C=O) groups excluding carboxylic acids is 2. The summed E-state index contributed by atoms with van der Waals surface area (Å²) in [6.07, 6.45) is 0. The fourth-order valence-electron chi connectivity index (χ4n) is 3.24. The molecule has 3 rings (SSSR count). The van der Waals surface area contributed by atoms with Crippen LogP contribution in [0, 0.1) is 13.8 Å². The molecule has 1 aromatic heterocycles. The van der Waals surface area contributed by atoms with Gasteiger partial charge in [0.15, 0.2) is 0 Å². The SMILES string of the molecule is CCOC(=O)C1=C(COc2cc(C)cc(C)c2)N(C)C(=O)N[C@H]1c1ccsc1. The van der Waals surface area contributed by atoms with Gasteiger partial charge in [-0.05, 0) is 66.4 Å². The second-order valence-corrected chi connectivity index (χ2v) is 7.47. The zero-order valence-corrected chi connectivity index (χ0v) is 17.3. The van der Waals surface area contributed by atoms with Crippen LogP contribution in [0.3, 0.4) is 0 Å². The first kappa shape index (κ1) is 19.9. The lowest BCUT2D eigenvalue weighted by atomic mass is 9.97. The molecule has 0 unspecified atom stereocenters. The first-order valence-corrected chi connectivity index (χ1v) is 10.0. The van der Waals surface area contributed by atoms with E-state index in [1.807, 2.05) is 42.8 Å². The van der Waals surface area contributed by atoms with Gasteiger partial charge >= 0.3 is 12.0 Å². The van der Waals surface area contributed by atoms with Crippen molar-refractivity contribution in [1.82, 2.24) is 10.2 Å². The minimum Gasteiger partial charge on any atom is -0.487 e. The largest absolute Gasteiger partial charge is 0.487 e. The summed E-state index contributed by atoms with van der Waals surface area (Å²) in [5, 5.41) is 6.71. The van der Waals surface area contributed by atoms with Gasteiger partial charge in [-0.25, -0.2) is 9.59 Å². The molecule has 1 aliphatic rings. The summed E-state index contributed by atoms with van der Waals surface area (Å²) >= 11 is 1.51. The number of amides is 2. The molecule has 2 aromatic rings. The first-order chi connectivity index (χ1) is 13.4. The summed E-state index contributed by atoms with van der Waals surface area (Å²) in [7, 11) is 1.62. The highest BCUT2D eigenvalue weighted by atomic mass is 32.1. The van der Waals surface area contributed by atoms with E-state index < -0.39 is 12.0 Å². The molecule has 7 heteroatoms. The fraction of sp³-hybridized carbons (Fsp3) is 0.333. The second-order valence-electron chi connectivity index (χ2n) is 6.69. The minimum absolute atomic E-state index is 0.0849. The molecule has 0 bridgehead atoms. The van der Waals surface area contributed by atoms with Crippen LogP contribution in [0.25, 0.3) is 0 Å². The smallest absolute Gasteiger partial charge is 0.338 e. The fourth-order valence-corrected chi connectivity index (χ4v) is 3.92. The van der Waals surface area contributed by atoms with Gasteiger partial charge in [-0.1, -0.05) is 6.07 Å². The summed E-state index contributed by atoms with van der Waals surface area (Å²) in [4.78, 5) is 26.7. The highest BCUT2D eigenvalue weighted by Crippen LogP contribution is 2.32. The van der Waals surface area contributed by atoms with Gasteiger partial charge in [0.2, 0.25) is 0 Å². The quantitative estimate of drug-likeness (QED) is 0.746. The Labute approximate surface area is 168 Å². The van der Waals surface area contributed by atoms with Crippen LogP contribution in [-0.4, -0.2) is 37.2 Å². The second kappa shape index (κ2) is 8.48. The third-order valence-corrected chi connectivity index (χ3v) is 5.22. The number of carbonyl (C=O) groups is 2. The molecular weight excluding hydrogens is 376 g/mol. The molecule has 0 saturated carbocycles. The van der Waals surface area contributed by atoms with Crippen LogP contribution in [-0.2, 0) is 9.53 Å². The van der Waals surface area contributed by atoms with Crippen molar-refractivity contribution in [2.45, 2.75) is 26.8 Å². The average Bonchev–Trinajstić information content (AvgIpc) is 3.16. The van der Waals surface area contributed by atoms with Crippen LogP contribution < -0.4 is 10.1 Å². The molecule has 0 aliphatic carbocycles. The Balaban J connectivity index is 2.00. The number of hydrogen-bond acceptors (Lipinski definition) is 5. The topological polar surface area (TPSA) is 67.9 Å². The number of rotatable bonds is 6. The van der Waals surface area contributed by atoms with Crippen molar-refractivity contribution < 1.29 is 19.1 Å². The number of esters is 1. The van der Waals surface area contributed by atoms with Crippen molar-refractivity contribution in [3.05, 3.63) is 63.0 Å². The number of benzene rings is 1. The van der Waals surface area contributed by atoms with Gasteiger partial charge in [0.1, 0.15) is 12.4 Å². The lowest BCUT2D eigenvalue weighted by molar-refractivity contribution is -0.139. The predicted molar refractivity (Wildman–Crippen MR) is 108 cm³/mol. The van der Waals surface area contributed by atoms with Crippen LogP contribution in [0.15, 0.2) is 46.3 Å². The van der Waals surface area contributed by atoms with E-state index in [9.17, 15) is 9.59 Å². The number of thiophene rings is 1. The molecule has 148 valence electrons. The van der Waals surface area contributed by atoms with Crippen molar-refractivity contribution in [3.8, 4) is 5.75 Å². The zero-order chi connectivity index (χ0) is 20.3. The molecule has 1 aromatic carbocycles.